The molecule has 0 bridgehead atoms. The zero-order chi connectivity index (χ0) is 12.8. The molecule has 0 aromatic rings. The molecule has 2 nitrogen and oxygen atoms in total. The van der Waals surface area contributed by atoms with Crippen molar-refractivity contribution in [1.82, 2.24) is 0 Å². The quantitative estimate of drug-likeness (QED) is 0.802. The van der Waals surface area contributed by atoms with Crippen LogP contribution in [-0.2, 0) is 4.74 Å². The van der Waals surface area contributed by atoms with Crippen LogP contribution in [0.15, 0.2) is 0 Å². The fourth-order valence-corrected chi connectivity index (χ4v) is 4.25. The lowest BCUT2D eigenvalue weighted by Gasteiger charge is -2.35. The topological polar surface area (TPSA) is 35.2 Å². The Balaban J connectivity index is 2.11. The molecule has 2 fully saturated rings. The molecule has 2 N–H and O–H groups in total. The van der Waals surface area contributed by atoms with Gasteiger partial charge in [0.15, 0.2) is 0 Å². The number of ether oxygens (including phenoxy) is 1. The Bertz CT molecular complexity index is 285. The van der Waals surface area contributed by atoms with Gasteiger partial charge < -0.3 is 10.5 Å². The molecule has 1 heterocycles. The molecular weight excluding hydrogens is 210 g/mol. The van der Waals surface area contributed by atoms with Gasteiger partial charge in [0.05, 0.1) is 11.2 Å². The molecule has 1 aliphatic carbocycles. The van der Waals surface area contributed by atoms with Crippen LogP contribution in [0.3, 0.4) is 0 Å². The van der Waals surface area contributed by atoms with Crippen LogP contribution in [0.4, 0.5) is 0 Å². The van der Waals surface area contributed by atoms with E-state index in [1.165, 1.54) is 19.3 Å². The molecule has 4 unspecified atom stereocenters. The molecule has 2 rings (SSSR count). The number of hydrogen-bond donors (Lipinski definition) is 1. The van der Waals surface area contributed by atoms with Crippen molar-refractivity contribution in [1.29, 1.82) is 0 Å². The number of nitrogens with two attached hydrogens (primary N) is 1. The summed E-state index contributed by atoms with van der Waals surface area (Å²) in [7, 11) is 0. The van der Waals surface area contributed by atoms with Gasteiger partial charge in [0.2, 0.25) is 0 Å². The summed E-state index contributed by atoms with van der Waals surface area (Å²) >= 11 is 0. The second-order valence-corrected chi connectivity index (χ2v) is 7.43. The lowest BCUT2D eigenvalue weighted by Crippen LogP contribution is -2.46. The van der Waals surface area contributed by atoms with Crippen LogP contribution in [0.5, 0.6) is 0 Å². The van der Waals surface area contributed by atoms with Crippen LogP contribution < -0.4 is 5.73 Å². The minimum atomic E-state index is -0.0643. The Morgan fingerprint density at radius 1 is 1.18 bits per heavy atom. The number of hydrogen-bond acceptors (Lipinski definition) is 2. The molecule has 100 valence electrons. The third kappa shape index (κ3) is 2.53. The van der Waals surface area contributed by atoms with E-state index in [9.17, 15) is 0 Å². The molecule has 17 heavy (non-hydrogen) atoms. The first-order valence-electron chi connectivity index (χ1n) is 7.19. The lowest BCUT2D eigenvalue weighted by atomic mass is 9.74. The molecule has 0 radical (unpaired) electrons. The average molecular weight is 239 g/mol. The summed E-state index contributed by atoms with van der Waals surface area (Å²) in [5, 5.41) is 0. The lowest BCUT2D eigenvalue weighted by molar-refractivity contribution is -0.0786. The van der Waals surface area contributed by atoms with Gasteiger partial charge >= 0.3 is 0 Å². The van der Waals surface area contributed by atoms with Crippen molar-refractivity contribution < 1.29 is 4.74 Å². The average Bonchev–Trinajstić information content (AvgIpc) is 2.66. The zero-order valence-corrected chi connectivity index (χ0v) is 12.1. The van der Waals surface area contributed by atoms with Crippen LogP contribution >= 0.6 is 0 Å². The third-order valence-corrected chi connectivity index (χ3v) is 5.03. The van der Waals surface area contributed by atoms with Crippen LogP contribution in [0.25, 0.3) is 0 Å². The summed E-state index contributed by atoms with van der Waals surface area (Å²) in [6.07, 6.45) is 5.13. The molecule has 0 spiro atoms. The van der Waals surface area contributed by atoms with Gasteiger partial charge in [0, 0.05) is 12.0 Å². The summed E-state index contributed by atoms with van der Waals surface area (Å²) in [5.74, 6) is 2.00. The monoisotopic (exact) mass is 239 g/mol. The highest BCUT2D eigenvalue weighted by Gasteiger charge is 2.50. The van der Waals surface area contributed by atoms with Crippen LogP contribution in [0, 0.1) is 17.8 Å². The predicted octanol–water partition coefficient (Wildman–Crippen LogP) is 3.34. The van der Waals surface area contributed by atoms with Gasteiger partial charge in [0.25, 0.3) is 0 Å². The van der Waals surface area contributed by atoms with Crippen molar-refractivity contribution in [2.45, 2.75) is 77.5 Å². The maximum absolute atomic E-state index is 6.59. The van der Waals surface area contributed by atoms with Crippen molar-refractivity contribution in [3.05, 3.63) is 0 Å². The second kappa shape index (κ2) is 4.24. The Morgan fingerprint density at radius 3 is 2.24 bits per heavy atom. The second-order valence-electron chi connectivity index (χ2n) is 7.43. The zero-order valence-electron chi connectivity index (χ0n) is 12.1. The summed E-state index contributed by atoms with van der Waals surface area (Å²) in [4.78, 5) is 0. The van der Waals surface area contributed by atoms with E-state index in [-0.39, 0.29) is 11.2 Å². The molecule has 0 amide bonds. The molecule has 1 aliphatic heterocycles. The Hall–Kier alpha value is -0.0800. The standard InChI is InChI=1S/C15H29NO/c1-10-7-6-8-11(10)13(16)12-9-14(2,3)17-15(12,4)5/h10-13H,6-9,16H2,1-5H3. The largest absolute Gasteiger partial charge is 0.369 e. The van der Waals surface area contributed by atoms with Gasteiger partial charge in [-0.3, -0.25) is 0 Å². The first-order valence-corrected chi connectivity index (χ1v) is 7.19. The molecular formula is C15H29NO. The summed E-state index contributed by atoms with van der Waals surface area (Å²) < 4.78 is 6.18. The van der Waals surface area contributed by atoms with Crippen molar-refractivity contribution in [2.75, 3.05) is 0 Å². The normalized spacial score (nSPS) is 41.6. The van der Waals surface area contributed by atoms with Gasteiger partial charge in [-0.05, 0) is 52.4 Å². The van der Waals surface area contributed by atoms with E-state index in [1.807, 2.05) is 0 Å². The van der Waals surface area contributed by atoms with Gasteiger partial charge in [-0.25, -0.2) is 0 Å². The third-order valence-electron chi connectivity index (χ3n) is 5.03. The van der Waals surface area contributed by atoms with Crippen molar-refractivity contribution in [3.63, 3.8) is 0 Å². The molecule has 0 aromatic carbocycles. The molecule has 1 saturated carbocycles. The van der Waals surface area contributed by atoms with E-state index in [1.54, 1.807) is 0 Å². The first kappa shape index (κ1) is 13.4. The molecule has 4 atom stereocenters. The van der Waals surface area contributed by atoms with E-state index >= 15 is 0 Å². The van der Waals surface area contributed by atoms with E-state index < -0.39 is 0 Å². The van der Waals surface area contributed by atoms with E-state index in [4.69, 9.17) is 10.5 Å². The van der Waals surface area contributed by atoms with E-state index in [0.717, 1.165) is 12.3 Å². The molecule has 0 aromatic heterocycles. The van der Waals surface area contributed by atoms with Gasteiger partial charge in [-0.15, -0.1) is 0 Å². The Morgan fingerprint density at radius 2 is 1.82 bits per heavy atom. The highest BCUT2D eigenvalue weighted by Crippen LogP contribution is 2.47. The van der Waals surface area contributed by atoms with Crippen molar-refractivity contribution in [2.24, 2.45) is 23.5 Å². The molecule has 1 saturated heterocycles. The van der Waals surface area contributed by atoms with Gasteiger partial charge in [0.1, 0.15) is 0 Å². The highest BCUT2D eigenvalue weighted by atomic mass is 16.5. The fraction of sp³-hybridized carbons (Fsp3) is 1.00. The van der Waals surface area contributed by atoms with Crippen LogP contribution in [0.1, 0.15) is 60.3 Å². The van der Waals surface area contributed by atoms with E-state index in [2.05, 4.69) is 34.6 Å². The van der Waals surface area contributed by atoms with Crippen LogP contribution in [0.2, 0.25) is 0 Å². The number of rotatable bonds is 2. The summed E-state index contributed by atoms with van der Waals surface area (Å²) in [6, 6.07) is 0.310. The molecule has 2 aliphatic rings. The Kier molecular flexibility index (Phi) is 3.33. The SMILES string of the molecule is CC1CCCC1C(N)C1CC(C)(C)OC1(C)C. The highest BCUT2D eigenvalue weighted by molar-refractivity contribution is 5.01. The van der Waals surface area contributed by atoms with Crippen molar-refractivity contribution in [3.8, 4) is 0 Å². The van der Waals surface area contributed by atoms with Gasteiger partial charge in [-0.1, -0.05) is 19.8 Å². The minimum absolute atomic E-state index is 0.00632. The van der Waals surface area contributed by atoms with E-state index in [0.29, 0.717) is 17.9 Å². The Labute approximate surface area is 106 Å². The maximum Gasteiger partial charge on any atom is 0.0677 e. The minimum Gasteiger partial charge on any atom is -0.369 e. The maximum atomic E-state index is 6.59. The van der Waals surface area contributed by atoms with Gasteiger partial charge in [-0.2, -0.15) is 0 Å². The van der Waals surface area contributed by atoms with Crippen LogP contribution in [-0.4, -0.2) is 17.2 Å². The molecule has 2 heteroatoms. The van der Waals surface area contributed by atoms with Crippen molar-refractivity contribution >= 4 is 0 Å². The summed E-state index contributed by atoms with van der Waals surface area (Å²) in [6.45, 7) is 11.2. The smallest absolute Gasteiger partial charge is 0.0677 e. The predicted molar refractivity (Wildman–Crippen MR) is 71.8 cm³/mol. The summed E-state index contributed by atoms with van der Waals surface area (Å²) in [5.41, 5.74) is 6.52. The fourth-order valence-electron chi connectivity index (χ4n) is 4.25. The first-order chi connectivity index (χ1) is 7.73.